The number of hydrogen-bond donors (Lipinski definition) is 1. The van der Waals surface area contributed by atoms with Crippen LogP contribution in [0.25, 0.3) is 0 Å². The number of halogens is 1. The summed E-state index contributed by atoms with van der Waals surface area (Å²) in [7, 11) is 0. The van der Waals surface area contributed by atoms with Gasteiger partial charge in [0.15, 0.2) is 10.9 Å². The maximum Gasteiger partial charge on any atom is 0.433 e. The van der Waals surface area contributed by atoms with Crippen LogP contribution >= 0.6 is 35.7 Å². The highest BCUT2D eigenvalue weighted by atomic mass is 127. The van der Waals surface area contributed by atoms with Crippen molar-refractivity contribution in [1.82, 2.24) is 0 Å². The second-order valence-electron chi connectivity index (χ2n) is 2.96. The van der Waals surface area contributed by atoms with Crippen LogP contribution in [0.15, 0.2) is 26.8 Å². The molecule has 0 atom stereocenters. The minimum atomic E-state index is -0.619. The molecule has 0 saturated carbocycles. The van der Waals surface area contributed by atoms with Gasteiger partial charge in [-0.25, -0.2) is 0 Å². The molecule has 0 aliphatic rings. The average molecular weight is 384 g/mol. The Kier molecular flexibility index (Phi) is 8.37. The summed E-state index contributed by atoms with van der Waals surface area (Å²) in [5.74, 6) is 0.800. The predicted molar refractivity (Wildman–Crippen MR) is 82.7 cm³/mol. The first-order valence-electron chi connectivity index (χ1n) is 4.87. The first-order chi connectivity index (χ1) is 8.13. The summed E-state index contributed by atoms with van der Waals surface area (Å²) in [4.78, 5) is 9.71. The smallest absolute Gasteiger partial charge is 0.400 e. The zero-order chi connectivity index (χ0) is 12.7. The Balaban J connectivity index is 0.00000289. The van der Waals surface area contributed by atoms with E-state index in [1.165, 1.54) is 30.1 Å². The third-order valence-electron chi connectivity index (χ3n) is 1.59. The molecule has 2 N–H and O–H groups in total. The molecule has 0 unspecified atom stereocenters. The van der Waals surface area contributed by atoms with Crippen LogP contribution in [0.2, 0.25) is 0 Å². The monoisotopic (exact) mass is 384 g/mol. The molecule has 7 nitrogen and oxygen atoms in total. The number of amidine groups is 1. The highest BCUT2D eigenvalue weighted by Gasteiger charge is 2.09. The second kappa shape index (κ2) is 8.91. The summed E-state index contributed by atoms with van der Waals surface area (Å²) in [6.45, 7) is 2.03. The van der Waals surface area contributed by atoms with Crippen LogP contribution in [0.1, 0.15) is 19.1 Å². The van der Waals surface area contributed by atoms with Gasteiger partial charge in [-0.15, -0.1) is 29.1 Å². The summed E-state index contributed by atoms with van der Waals surface area (Å²) in [5.41, 5.74) is 5.54. The highest BCUT2D eigenvalue weighted by Crippen LogP contribution is 2.13. The van der Waals surface area contributed by atoms with E-state index in [2.05, 4.69) is 10.2 Å². The zero-order valence-electron chi connectivity index (χ0n) is 9.61. The van der Waals surface area contributed by atoms with Gasteiger partial charge >= 0.3 is 5.88 Å². The number of hydrogen-bond acceptors (Lipinski definition) is 6. The molecule has 0 aliphatic heterocycles. The van der Waals surface area contributed by atoms with Crippen molar-refractivity contribution >= 4 is 53.0 Å². The summed E-state index contributed by atoms with van der Waals surface area (Å²) in [6.07, 6.45) is 2.27. The van der Waals surface area contributed by atoms with E-state index in [1.807, 2.05) is 6.92 Å². The molecule has 0 aromatic carbocycles. The first-order valence-corrected chi connectivity index (χ1v) is 5.85. The van der Waals surface area contributed by atoms with Crippen molar-refractivity contribution in [3.63, 3.8) is 0 Å². The minimum Gasteiger partial charge on any atom is -0.400 e. The van der Waals surface area contributed by atoms with Crippen molar-refractivity contribution in [3.05, 3.63) is 28.0 Å². The quantitative estimate of drug-likeness (QED) is 0.276. The summed E-state index contributed by atoms with van der Waals surface area (Å²) < 4.78 is 4.84. The fraction of sp³-hybridized carbons (Fsp3) is 0.333. The standard InChI is InChI=1S/C9H12N4O3S.HI/c1-2-5-17-9(10)12-11-6-7-3-4-8(16-7)13(14)15;/h3-4,6H,2,5H2,1H3,(H2,10,12);1H/b11-6+;. The Hall–Kier alpha value is -1.10. The molecule has 0 amide bonds. The number of nitro groups is 1. The lowest BCUT2D eigenvalue weighted by Crippen LogP contribution is -2.06. The van der Waals surface area contributed by atoms with Gasteiger partial charge in [0, 0.05) is 5.75 Å². The molecule has 0 fully saturated rings. The predicted octanol–water partition coefficient (Wildman–Crippen LogP) is 2.60. The maximum atomic E-state index is 10.3. The molecular formula is C9H13IN4O3S. The molecule has 100 valence electrons. The fourth-order valence-corrected chi connectivity index (χ4v) is 1.41. The van der Waals surface area contributed by atoms with Crippen molar-refractivity contribution in [3.8, 4) is 0 Å². The van der Waals surface area contributed by atoms with E-state index in [1.54, 1.807) is 0 Å². The molecule has 1 rings (SSSR count). The molecule has 1 aromatic heterocycles. The van der Waals surface area contributed by atoms with Crippen molar-refractivity contribution in [2.24, 2.45) is 15.9 Å². The molecule has 0 bridgehead atoms. The van der Waals surface area contributed by atoms with Crippen LogP contribution in [0.3, 0.4) is 0 Å². The van der Waals surface area contributed by atoms with E-state index in [0.717, 1.165) is 12.2 Å². The maximum absolute atomic E-state index is 10.3. The number of rotatable bonds is 5. The van der Waals surface area contributed by atoms with Crippen LogP contribution in [-0.4, -0.2) is 22.1 Å². The lowest BCUT2D eigenvalue weighted by atomic mass is 10.5. The van der Waals surface area contributed by atoms with Gasteiger partial charge in [-0.05, 0) is 12.5 Å². The molecule has 9 heteroatoms. The van der Waals surface area contributed by atoms with E-state index in [-0.39, 0.29) is 35.6 Å². The average Bonchev–Trinajstić information content (AvgIpc) is 2.75. The summed E-state index contributed by atoms with van der Waals surface area (Å²) >= 11 is 1.40. The fourth-order valence-electron chi connectivity index (χ4n) is 0.888. The van der Waals surface area contributed by atoms with Crippen LogP contribution in [0.4, 0.5) is 5.88 Å². The van der Waals surface area contributed by atoms with Crippen LogP contribution in [0, 0.1) is 10.1 Å². The number of nitrogens with two attached hydrogens (primary N) is 1. The van der Waals surface area contributed by atoms with E-state index >= 15 is 0 Å². The topological polar surface area (TPSA) is 107 Å². The number of thioether (sulfide) groups is 1. The van der Waals surface area contributed by atoms with Crippen molar-refractivity contribution in [2.75, 3.05) is 5.75 Å². The summed E-state index contributed by atoms with van der Waals surface area (Å²) in [6, 6.07) is 2.69. The van der Waals surface area contributed by atoms with Gasteiger partial charge in [0.2, 0.25) is 0 Å². The van der Waals surface area contributed by atoms with Gasteiger partial charge in [0.05, 0.1) is 12.3 Å². The van der Waals surface area contributed by atoms with Crippen LogP contribution in [-0.2, 0) is 0 Å². The zero-order valence-corrected chi connectivity index (χ0v) is 12.8. The van der Waals surface area contributed by atoms with Crippen LogP contribution < -0.4 is 5.73 Å². The molecule has 1 aromatic rings. The van der Waals surface area contributed by atoms with Crippen molar-refractivity contribution in [2.45, 2.75) is 13.3 Å². The highest BCUT2D eigenvalue weighted by molar-refractivity contribution is 14.0. The Morgan fingerprint density at radius 2 is 2.39 bits per heavy atom. The van der Waals surface area contributed by atoms with Crippen molar-refractivity contribution < 1.29 is 9.34 Å². The first kappa shape index (κ1) is 16.9. The third-order valence-corrected chi connectivity index (χ3v) is 2.58. The van der Waals surface area contributed by atoms with Gasteiger partial charge in [-0.1, -0.05) is 18.7 Å². The lowest BCUT2D eigenvalue weighted by Gasteiger charge is -1.93. The van der Waals surface area contributed by atoms with E-state index in [9.17, 15) is 10.1 Å². The van der Waals surface area contributed by atoms with Gasteiger partial charge < -0.3 is 10.2 Å². The molecule has 0 saturated heterocycles. The Morgan fingerprint density at radius 1 is 1.67 bits per heavy atom. The van der Waals surface area contributed by atoms with Gasteiger partial charge in [-0.3, -0.25) is 10.1 Å². The largest absolute Gasteiger partial charge is 0.433 e. The molecule has 0 radical (unpaired) electrons. The Bertz CT molecular complexity index is 447. The normalized spacial score (nSPS) is 11.5. The molecule has 1 heterocycles. The van der Waals surface area contributed by atoms with E-state index in [0.29, 0.717) is 5.17 Å². The Morgan fingerprint density at radius 3 is 2.94 bits per heavy atom. The van der Waals surface area contributed by atoms with E-state index in [4.69, 9.17) is 10.2 Å². The number of nitrogens with zero attached hydrogens (tertiary/aromatic N) is 3. The third kappa shape index (κ3) is 6.00. The Labute approximate surface area is 125 Å². The molecular weight excluding hydrogens is 371 g/mol. The minimum absolute atomic E-state index is 0. The van der Waals surface area contributed by atoms with Crippen molar-refractivity contribution in [1.29, 1.82) is 0 Å². The van der Waals surface area contributed by atoms with Gasteiger partial charge in [-0.2, -0.15) is 5.10 Å². The molecule has 18 heavy (non-hydrogen) atoms. The van der Waals surface area contributed by atoms with Gasteiger partial charge in [0.25, 0.3) is 0 Å². The van der Waals surface area contributed by atoms with Crippen LogP contribution in [0.5, 0.6) is 0 Å². The molecule has 0 spiro atoms. The second-order valence-corrected chi connectivity index (χ2v) is 4.08. The lowest BCUT2D eigenvalue weighted by molar-refractivity contribution is -0.402. The summed E-state index contributed by atoms with van der Waals surface area (Å²) in [5, 5.41) is 18.1. The number of furan rings is 1. The van der Waals surface area contributed by atoms with E-state index < -0.39 is 4.92 Å². The molecule has 0 aliphatic carbocycles. The SMILES string of the molecule is CCCS/C(N)=N/N=C/c1ccc([N+](=O)[O-])o1.I. The van der Waals surface area contributed by atoms with Gasteiger partial charge in [0.1, 0.15) is 4.92 Å².